The molecular weight excluding hydrogens is 480 g/mol. The fourth-order valence-corrected chi connectivity index (χ4v) is 3.36. The lowest BCUT2D eigenvalue weighted by Gasteiger charge is -2.08. The van der Waals surface area contributed by atoms with E-state index in [-0.39, 0.29) is 28.5 Å². The van der Waals surface area contributed by atoms with Crippen LogP contribution in [0.2, 0.25) is 0 Å². The summed E-state index contributed by atoms with van der Waals surface area (Å²) in [7, 11) is -3.62. The quantitative estimate of drug-likeness (QED) is 0.188. The van der Waals surface area contributed by atoms with Crippen LogP contribution in [-0.2, 0) is 10.1 Å². The SMILES string of the molecule is COc1ccc([N+](=O)[O-])cc1-n1[nH]c(C)c(N=Nc2cc(S(=O)(=O)O)cc([N+](=O)[O-])c2O)c1=O. The lowest BCUT2D eigenvalue weighted by atomic mass is 10.2. The van der Waals surface area contributed by atoms with Crippen molar-refractivity contribution in [3.8, 4) is 17.2 Å². The van der Waals surface area contributed by atoms with Crippen molar-refractivity contribution in [3.05, 3.63) is 66.6 Å². The monoisotopic (exact) mass is 494 g/mol. The zero-order chi connectivity index (χ0) is 25.4. The number of non-ortho nitro benzene ring substituents is 1. The number of nitro groups is 2. The van der Waals surface area contributed by atoms with Gasteiger partial charge in [0.2, 0.25) is 5.75 Å². The van der Waals surface area contributed by atoms with Crippen LogP contribution in [0.4, 0.5) is 22.7 Å². The second-order valence-corrected chi connectivity index (χ2v) is 8.00. The molecule has 0 fully saturated rings. The molecule has 2 aromatic carbocycles. The van der Waals surface area contributed by atoms with Crippen LogP contribution in [0.3, 0.4) is 0 Å². The smallest absolute Gasteiger partial charge is 0.314 e. The maximum atomic E-state index is 12.9. The number of ether oxygens (including phenoxy) is 1. The summed E-state index contributed by atoms with van der Waals surface area (Å²) < 4.78 is 38.0. The normalized spacial score (nSPS) is 11.6. The van der Waals surface area contributed by atoms with Crippen LogP contribution in [-0.4, -0.2) is 44.8 Å². The topological polar surface area (TPSA) is 233 Å². The Morgan fingerprint density at radius 1 is 1.12 bits per heavy atom. The van der Waals surface area contributed by atoms with Crippen LogP contribution in [0, 0.1) is 27.2 Å². The number of hydrogen-bond acceptors (Lipinski definition) is 11. The molecule has 17 heteroatoms. The summed E-state index contributed by atoms with van der Waals surface area (Å²) in [5.41, 5.74) is -3.29. The van der Waals surface area contributed by atoms with Crippen LogP contribution >= 0.6 is 0 Å². The molecule has 3 rings (SSSR count). The van der Waals surface area contributed by atoms with Crippen molar-refractivity contribution in [2.75, 3.05) is 7.11 Å². The van der Waals surface area contributed by atoms with Gasteiger partial charge in [-0.05, 0) is 19.1 Å². The summed E-state index contributed by atoms with van der Waals surface area (Å²) in [5, 5.41) is 42.1. The number of phenolic OH excluding ortho intramolecular Hbond substituents is 1. The Morgan fingerprint density at radius 2 is 1.79 bits per heavy atom. The molecule has 0 saturated heterocycles. The zero-order valence-electron chi connectivity index (χ0n) is 17.2. The van der Waals surface area contributed by atoms with E-state index in [0.717, 1.165) is 10.7 Å². The van der Waals surface area contributed by atoms with E-state index in [9.17, 15) is 43.1 Å². The van der Waals surface area contributed by atoms with Crippen molar-refractivity contribution in [2.45, 2.75) is 11.8 Å². The van der Waals surface area contributed by atoms with E-state index < -0.39 is 47.5 Å². The number of methoxy groups -OCH3 is 1. The van der Waals surface area contributed by atoms with Crippen LogP contribution in [0.1, 0.15) is 5.69 Å². The van der Waals surface area contributed by atoms with Gasteiger partial charge < -0.3 is 9.84 Å². The molecule has 0 spiro atoms. The molecule has 0 aliphatic rings. The largest absolute Gasteiger partial charge is 0.501 e. The van der Waals surface area contributed by atoms with Gasteiger partial charge in [0.05, 0.1) is 22.7 Å². The van der Waals surface area contributed by atoms with E-state index in [2.05, 4.69) is 15.3 Å². The number of nitrogens with one attached hydrogen (secondary N) is 1. The number of phenols is 1. The molecule has 0 atom stereocenters. The number of nitro benzene ring substituents is 2. The number of H-pyrrole nitrogens is 1. The third-order valence-corrected chi connectivity index (χ3v) is 5.28. The first-order chi connectivity index (χ1) is 15.8. The van der Waals surface area contributed by atoms with Gasteiger partial charge in [0, 0.05) is 18.2 Å². The molecule has 0 aliphatic heterocycles. The molecule has 0 aliphatic carbocycles. The first-order valence-electron chi connectivity index (χ1n) is 8.90. The molecule has 34 heavy (non-hydrogen) atoms. The molecule has 0 bridgehead atoms. The number of benzene rings is 2. The molecule has 3 aromatic rings. The lowest BCUT2D eigenvalue weighted by molar-refractivity contribution is -0.386. The van der Waals surface area contributed by atoms with Crippen molar-refractivity contribution >= 4 is 32.9 Å². The molecular formula is C17H14N6O10S. The molecule has 3 N–H and O–H groups in total. The Hall–Kier alpha value is -4.64. The molecule has 1 aromatic heterocycles. The minimum atomic E-state index is -4.91. The molecule has 0 radical (unpaired) electrons. The number of aromatic hydroxyl groups is 1. The second-order valence-electron chi connectivity index (χ2n) is 6.58. The molecule has 1 heterocycles. The van der Waals surface area contributed by atoms with E-state index in [0.29, 0.717) is 12.1 Å². The van der Waals surface area contributed by atoms with E-state index >= 15 is 0 Å². The van der Waals surface area contributed by atoms with Gasteiger partial charge in [-0.25, -0.2) is 4.68 Å². The standard InChI is InChI=1S/C17H14N6O10S/c1-8-15(17(25)21(20-8)12-5-9(22(26)27)3-4-14(12)33-2)19-18-11-6-10(34(30,31)32)7-13(16(11)24)23(28)29/h3-7,20,24H,1-2H3,(H,30,31,32). The van der Waals surface area contributed by atoms with Crippen LogP contribution in [0.5, 0.6) is 11.5 Å². The van der Waals surface area contributed by atoms with Gasteiger partial charge in [0.25, 0.3) is 21.4 Å². The van der Waals surface area contributed by atoms with E-state index in [1.807, 2.05) is 0 Å². The summed E-state index contributed by atoms with van der Waals surface area (Å²) in [5.74, 6) is -0.957. The van der Waals surface area contributed by atoms with E-state index in [1.165, 1.54) is 26.2 Å². The summed E-state index contributed by atoms with van der Waals surface area (Å²) in [6.45, 7) is 1.40. The van der Waals surface area contributed by atoms with Gasteiger partial charge in [-0.15, -0.1) is 10.2 Å². The van der Waals surface area contributed by atoms with Gasteiger partial charge in [-0.2, -0.15) is 8.42 Å². The molecule has 0 unspecified atom stereocenters. The fourth-order valence-electron chi connectivity index (χ4n) is 2.84. The molecule has 16 nitrogen and oxygen atoms in total. The highest BCUT2D eigenvalue weighted by Crippen LogP contribution is 2.39. The first-order valence-corrected chi connectivity index (χ1v) is 10.3. The molecule has 178 valence electrons. The van der Waals surface area contributed by atoms with E-state index in [1.54, 1.807) is 0 Å². The average Bonchev–Trinajstić information content (AvgIpc) is 3.04. The van der Waals surface area contributed by atoms with Crippen molar-refractivity contribution in [1.82, 2.24) is 9.78 Å². The first kappa shape index (κ1) is 24.0. The van der Waals surface area contributed by atoms with Gasteiger partial charge in [0.1, 0.15) is 22.0 Å². The van der Waals surface area contributed by atoms with Crippen molar-refractivity contribution < 1.29 is 32.7 Å². The van der Waals surface area contributed by atoms with Crippen molar-refractivity contribution in [2.24, 2.45) is 10.2 Å². The van der Waals surface area contributed by atoms with Crippen molar-refractivity contribution in [3.63, 3.8) is 0 Å². The number of nitrogens with zero attached hydrogens (tertiary/aromatic N) is 5. The number of aryl methyl sites for hydroxylation is 1. The number of hydrogen-bond donors (Lipinski definition) is 3. The maximum absolute atomic E-state index is 12.9. The summed E-state index contributed by atoms with van der Waals surface area (Å²) >= 11 is 0. The number of azo groups is 1. The predicted octanol–water partition coefficient (Wildman–Crippen LogP) is 2.67. The Bertz CT molecular complexity index is 1520. The molecule has 0 amide bonds. The second kappa shape index (κ2) is 8.71. The fraction of sp³-hybridized carbons (Fsp3) is 0.118. The van der Waals surface area contributed by atoms with Crippen LogP contribution in [0.25, 0.3) is 5.69 Å². The van der Waals surface area contributed by atoms with Crippen molar-refractivity contribution in [1.29, 1.82) is 0 Å². The van der Waals surface area contributed by atoms with Gasteiger partial charge in [-0.3, -0.25) is 34.7 Å². The Labute approximate surface area is 188 Å². The van der Waals surface area contributed by atoms with E-state index in [4.69, 9.17) is 4.74 Å². The maximum Gasteiger partial charge on any atom is 0.314 e. The minimum absolute atomic E-state index is 0.0295. The number of aromatic nitrogens is 2. The Kier molecular flexibility index (Phi) is 6.15. The lowest BCUT2D eigenvalue weighted by Crippen LogP contribution is -2.15. The van der Waals surface area contributed by atoms with Gasteiger partial charge in [0.15, 0.2) is 5.69 Å². The summed E-state index contributed by atoms with van der Waals surface area (Å²) in [4.78, 5) is 32.4. The summed E-state index contributed by atoms with van der Waals surface area (Å²) in [6.07, 6.45) is 0. The Balaban J connectivity index is 2.16. The van der Waals surface area contributed by atoms with Crippen LogP contribution in [0.15, 0.2) is 50.3 Å². The van der Waals surface area contributed by atoms with Gasteiger partial charge in [-0.1, -0.05) is 0 Å². The Morgan fingerprint density at radius 3 is 2.35 bits per heavy atom. The third kappa shape index (κ3) is 4.45. The summed E-state index contributed by atoms with van der Waals surface area (Å²) in [6, 6.07) is 4.55. The van der Waals surface area contributed by atoms with Crippen LogP contribution < -0.4 is 10.3 Å². The minimum Gasteiger partial charge on any atom is -0.501 e. The highest BCUT2D eigenvalue weighted by atomic mass is 32.2. The highest BCUT2D eigenvalue weighted by Gasteiger charge is 2.24. The van der Waals surface area contributed by atoms with Gasteiger partial charge >= 0.3 is 5.69 Å². The number of rotatable bonds is 7. The average molecular weight is 494 g/mol. The molecule has 0 saturated carbocycles. The number of aromatic amines is 1. The predicted molar refractivity (Wildman–Crippen MR) is 113 cm³/mol. The highest BCUT2D eigenvalue weighted by molar-refractivity contribution is 7.85. The zero-order valence-corrected chi connectivity index (χ0v) is 18.0. The third-order valence-electron chi connectivity index (χ3n) is 4.45.